The van der Waals surface area contributed by atoms with Gasteiger partial charge in [-0.15, -0.1) is 10.2 Å². The molecule has 0 bridgehead atoms. The van der Waals surface area contributed by atoms with E-state index in [4.69, 9.17) is 0 Å². The zero-order chi connectivity index (χ0) is 17.4. The molecule has 10 heteroatoms. The summed E-state index contributed by atoms with van der Waals surface area (Å²) in [6.07, 6.45) is 1.02. The summed E-state index contributed by atoms with van der Waals surface area (Å²) in [4.78, 5) is 12.4. The molecule has 2 aromatic heterocycles. The van der Waals surface area contributed by atoms with Crippen LogP contribution in [0.15, 0.2) is 6.07 Å². The van der Waals surface area contributed by atoms with Crippen LogP contribution in [0.3, 0.4) is 0 Å². The van der Waals surface area contributed by atoms with Crippen LogP contribution in [0.2, 0.25) is 0 Å². The van der Waals surface area contributed by atoms with Gasteiger partial charge in [0.25, 0.3) is 5.91 Å². The molecule has 2 aromatic rings. The lowest BCUT2D eigenvalue weighted by Crippen LogP contribution is -2.13. The highest BCUT2D eigenvalue weighted by atomic mass is 32.2. The normalized spacial score (nSPS) is 11.7. The molecular formula is C13H19N5O3S2. The number of nitrogens with zero attached hydrogens (tertiary/aromatic N) is 3. The van der Waals surface area contributed by atoms with Gasteiger partial charge >= 0.3 is 0 Å². The smallest absolute Gasteiger partial charge is 0.259 e. The molecular weight excluding hydrogens is 338 g/mol. The minimum absolute atomic E-state index is 0.107. The molecule has 0 saturated heterocycles. The van der Waals surface area contributed by atoms with Crippen LogP contribution in [-0.2, 0) is 10.0 Å². The highest BCUT2D eigenvalue weighted by Gasteiger charge is 2.18. The van der Waals surface area contributed by atoms with Gasteiger partial charge in [-0.25, -0.2) is 8.42 Å². The first-order valence-corrected chi connectivity index (χ1v) is 9.60. The van der Waals surface area contributed by atoms with Gasteiger partial charge in [0.1, 0.15) is 0 Å². The van der Waals surface area contributed by atoms with E-state index in [0.717, 1.165) is 29.0 Å². The lowest BCUT2D eigenvalue weighted by molar-refractivity contribution is 0.102. The molecule has 0 unspecified atom stereocenters. The molecule has 0 aliphatic heterocycles. The highest BCUT2D eigenvalue weighted by molar-refractivity contribution is 7.92. The molecule has 0 spiro atoms. The predicted octanol–water partition coefficient (Wildman–Crippen LogP) is 2.16. The first kappa shape index (κ1) is 17.4. The standard InChI is InChI=1S/C13H19N5O3S2/c1-7(2)18-8(3)6-10(9(18)4)11(19)14-12-15-16-13(22-12)17-23(5,20)21/h6-7H,1-5H3,(H,16,17)(H,14,15,19). The number of carbonyl (C=O) groups excluding carboxylic acids is 1. The van der Waals surface area contributed by atoms with Crippen molar-refractivity contribution in [2.45, 2.75) is 33.7 Å². The Bertz CT molecular complexity index is 836. The van der Waals surface area contributed by atoms with Crippen LogP contribution in [0.5, 0.6) is 0 Å². The van der Waals surface area contributed by atoms with Gasteiger partial charge in [0.15, 0.2) is 0 Å². The Morgan fingerprint density at radius 3 is 2.39 bits per heavy atom. The number of hydrogen-bond acceptors (Lipinski definition) is 6. The van der Waals surface area contributed by atoms with E-state index in [1.54, 1.807) is 0 Å². The quantitative estimate of drug-likeness (QED) is 0.853. The zero-order valence-corrected chi connectivity index (χ0v) is 15.2. The van der Waals surface area contributed by atoms with E-state index in [2.05, 4.69) is 38.7 Å². The topological polar surface area (TPSA) is 106 Å². The van der Waals surface area contributed by atoms with Crippen LogP contribution in [-0.4, -0.2) is 35.3 Å². The minimum atomic E-state index is -3.42. The number of rotatable bonds is 5. The molecule has 2 heterocycles. The Labute approximate surface area is 139 Å². The summed E-state index contributed by atoms with van der Waals surface area (Å²) in [7, 11) is -3.42. The van der Waals surface area contributed by atoms with Crippen LogP contribution in [0.25, 0.3) is 0 Å². The van der Waals surface area contributed by atoms with Gasteiger partial charge in [-0.2, -0.15) is 0 Å². The van der Waals surface area contributed by atoms with Crippen molar-refractivity contribution in [3.63, 3.8) is 0 Å². The van der Waals surface area contributed by atoms with Crippen LogP contribution >= 0.6 is 11.3 Å². The van der Waals surface area contributed by atoms with Crippen LogP contribution in [0.4, 0.5) is 10.3 Å². The summed E-state index contributed by atoms with van der Waals surface area (Å²) in [5.74, 6) is -0.299. The fourth-order valence-corrected chi connectivity index (χ4v) is 3.91. The van der Waals surface area contributed by atoms with Crippen LogP contribution in [0.1, 0.15) is 41.6 Å². The third kappa shape index (κ3) is 4.08. The van der Waals surface area contributed by atoms with E-state index in [1.807, 2.05) is 19.9 Å². The fourth-order valence-electron chi connectivity index (χ4n) is 2.44. The number of aromatic nitrogens is 3. The number of carbonyl (C=O) groups is 1. The van der Waals surface area contributed by atoms with Crippen molar-refractivity contribution in [1.29, 1.82) is 0 Å². The molecule has 0 aliphatic carbocycles. The van der Waals surface area contributed by atoms with Gasteiger partial charge in [0.05, 0.1) is 11.8 Å². The van der Waals surface area contributed by atoms with E-state index < -0.39 is 10.0 Å². The summed E-state index contributed by atoms with van der Waals surface area (Å²) in [6.45, 7) is 7.94. The number of anilines is 2. The maximum atomic E-state index is 12.4. The lowest BCUT2D eigenvalue weighted by Gasteiger charge is -2.13. The van der Waals surface area contributed by atoms with E-state index in [1.165, 1.54) is 0 Å². The molecule has 2 N–H and O–H groups in total. The van der Waals surface area contributed by atoms with Gasteiger partial charge < -0.3 is 4.57 Å². The fraction of sp³-hybridized carbons (Fsp3) is 0.462. The average molecular weight is 357 g/mol. The molecule has 1 amide bonds. The minimum Gasteiger partial charge on any atom is -0.346 e. The third-order valence-corrected chi connectivity index (χ3v) is 4.61. The number of nitrogens with one attached hydrogen (secondary N) is 2. The Hall–Kier alpha value is -1.94. The van der Waals surface area contributed by atoms with Gasteiger partial charge in [0, 0.05) is 17.4 Å². The Morgan fingerprint density at radius 2 is 1.87 bits per heavy atom. The SMILES string of the molecule is Cc1cc(C(=O)Nc2nnc(NS(C)(=O)=O)s2)c(C)n1C(C)C. The molecule has 0 radical (unpaired) electrons. The molecule has 0 saturated carbocycles. The van der Waals surface area contributed by atoms with Crippen molar-refractivity contribution in [2.24, 2.45) is 0 Å². The molecule has 0 fully saturated rings. The molecule has 0 aromatic carbocycles. The molecule has 126 valence electrons. The van der Waals surface area contributed by atoms with Crippen LogP contribution in [0, 0.1) is 13.8 Å². The van der Waals surface area contributed by atoms with Crippen molar-refractivity contribution in [3.05, 3.63) is 23.0 Å². The zero-order valence-electron chi connectivity index (χ0n) is 13.5. The summed E-state index contributed by atoms with van der Waals surface area (Å²) >= 11 is 0.955. The summed E-state index contributed by atoms with van der Waals surface area (Å²) in [5.41, 5.74) is 2.43. The molecule has 23 heavy (non-hydrogen) atoms. The first-order chi connectivity index (χ1) is 10.6. The van der Waals surface area contributed by atoms with E-state index >= 15 is 0 Å². The average Bonchev–Trinajstić information content (AvgIpc) is 2.91. The first-order valence-electron chi connectivity index (χ1n) is 6.89. The van der Waals surface area contributed by atoms with Gasteiger partial charge in [0.2, 0.25) is 20.3 Å². The molecule has 0 aliphatic rings. The van der Waals surface area contributed by atoms with Gasteiger partial charge in [-0.1, -0.05) is 11.3 Å². The largest absolute Gasteiger partial charge is 0.346 e. The van der Waals surface area contributed by atoms with Crippen molar-refractivity contribution in [2.75, 3.05) is 16.3 Å². The monoisotopic (exact) mass is 357 g/mol. The maximum Gasteiger partial charge on any atom is 0.259 e. The van der Waals surface area contributed by atoms with E-state index in [-0.39, 0.29) is 22.2 Å². The predicted molar refractivity (Wildman–Crippen MR) is 90.6 cm³/mol. The number of aryl methyl sites for hydroxylation is 1. The Morgan fingerprint density at radius 1 is 1.26 bits per heavy atom. The summed E-state index contributed by atoms with van der Waals surface area (Å²) in [5, 5.41) is 10.4. The van der Waals surface area contributed by atoms with Gasteiger partial charge in [-0.05, 0) is 33.8 Å². The van der Waals surface area contributed by atoms with Crippen molar-refractivity contribution >= 4 is 37.5 Å². The third-order valence-electron chi connectivity index (χ3n) is 3.16. The Kier molecular flexibility index (Phi) is 4.76. The second-order valence-electron chi connectivity index (χ2n) is 5.49. The van der Waals surface area contributed by atoms with Crippen molar-refractivity contribution in [1.82, 2.24) is 14.8 Å². The van der Waals surface area contributed by atoms with Gasteiger partial charge in [-0.3, -0.25) is 14.8 Å². The van der Waals surface area contributed by atoms with E-state index in [9.17, 15) is 13.2 Å². The Balaban J connectivity index is 2.19. The highest BCUT2D eigenvalue weighted by Crippen LogP contribution is 2.24. The second kappa shape index (κ2) is 6.28. The summed E-state index contributed by atoms with van der Waals surface area (Å²) < 4.78 is 26.6. The van der Waals surface area contributed by atoms with Crippen LogP contribution < -0.4 is 10.0 Å². The number of sulfonamides is 1. The number of amides is 1. The molecule has 8 nitrogen and oxygen atoms in total. The lowest BCUT2D eigenvalue weighted by atomic mass is 10.2. The maximum absolute atomic E-state index is 12.4. The van der Waals surface area contributed by atoms with E-state index in [0.29, 0.717) is 5.56 Å². The van der Waals surface area contributed by atoms with Crippen molar-refractivity contribution in [3.8, 4) is 0 Å². The summed E-state index contributed by atoms with van der Waals surface area (Å²) in [6, 6.07) is 2.07. The van der Waals surface area contributed by atoms with Crippen molar-refractivity contribution < 1.29 is 13.2 Å². The second-order valence-corrected chi connectivity index (χ2v) is 8.22. The molecule has 0 atom stereocenters. The molecule has 2 rings (SSSR count). The number of hydrogen-bond donors (Lipinski definition) is 2.